The number of hydrogen-bond acceptors (Lipinski definition) is 5. The molecule has 0 unspecified atom stereocenters. The van der Waals surface area contributed by atoms with Crippen molar-refractivity contribution >= 4 is 56.0 Å². The lowest BCUT2D eigenvalue weighted by Crippen LogP contribution is -2.32. The van der Waals surface area contributed by atoms with E-state index in [-0.39, 0.29) is 11.6 Å². The van der Waals surface area contributed by atoms with Crippen molar-refractivity contribution in [3.63, 3.8) is 0 Å². The van der Waals surface area contributed by atoms with E-state index >= 15 is 0 Å². The van der Waals surface area contributed by atoms with Crippen LogP contribution >= 0.6 is 27.3 Å². The number of methoxy groups -OCH3 is 1. The van der Waals surface area contributed by atoms with Gasteiger partial charge in [-0.3, -0.25) is 9.59 Å². The molecule has 0 fully saturated rings. The number of ether oxygens (including phenoxy) is 1. The minimum atomic E-state index is -0.390. The number of amides is 2. The first-order valence-electron chi connectivity index (χ1n) is 8.42. The molecule has 0 bridgehead atoms. The summed E-state index contributed by atoms with van der Waals surface area (Å²) < 4.78 is 6.04. The fourth-order valence-corrected chi connectivity index (χ4v) is 4.14. The fourth-order valence-electron chi connectivity index (χ4n) is 2.97. The van der Waals surface area contributed by atoms with Crippen LogP contribution < -0.4 is 15.0 Å². The van der Waals surface area contributed by atoms with Crippen LogP contribution in [0.2, 0.25) is 0 Å². The molecule has 28 heavy (non-hydrogen) atoms. The monoisotopic (exact) mass is 454 g/mol. The molecule has 1 aliphatic heterocycles. The predicted octanol–water partition coefficient (Wildman–Crippen LogP) is 4.92. The average molecular weight is 455 g/mol. The zero-order valence-electron chi connectivity index (χ0n) is 14.8. The maximum atomic E-state index is 13.2. The van der Waals surface area contributed by atoms with Gasteiger partial charge in [-0.25, -0.2) is 4.90 Å². The SMILES string of the molecule is COc1ccc(N2C(=O)C(Nc3cccc(Br)c3)=C(c3cccs3)C2=O)cc1. The van der Waals surface area contributed by atoms with Crippen molar-refractivity contribution in [3.05, 3.63) is 81.1 Å². The zero-order valence-corrected chi connectivity index (χ0v) is 17.2. The Labute approximate surface area is 174 Å². The van der Waals surface area contributed by atoms with Crippen LogP contribution in [-0.2, 0) is 9.59 Å². The Balaban J connectivity index is 1.77. The largest absolute Gasteiger partial charge is 0.497 e. The summed E-state index contributed by atoms with van der Waals surface area (Å²) in [4.78, 5) is 28.4. The highest BCUT2D eigenvalue weighted by molar-refractivity contribution is 9.10. The maximum absolute atomic E-state index is 13.2. The van der Waals surface area contributed by atoms with Crippen molar-refractivity contribution in [1.29, 1.82) is 0 Å². The Kier molecular flexibility index (Phi) is 5.02. The number of hydrogen-bond donors (Lipinski definition) is 1. The third-order valence-electron chi connectivity index (χ3n) is 4.28. The molecular weight excluding hydrogens is 440 g/mol. The molecule has 3 aromatic rings. The minimum absolute atomic E-state index is 0.265. The number of carbonyl (C=O) groups excluding carboxylic acids is 2. The molecule has 0 saturated heterocycles. The van der Waals surface area contributed by atoms with Gasteiger partial charge in [-0.1, -0.05) is 28.1 Å². The fraction of sp³-hybridized carbons (Fsp3) is 0.0476. The molecule has 0 radical (unpaired) electrons. The quantitative estimate of drug-likeness (QED) is 0.556. The molecule has 1 aromatic heterocycles. The molecule has 0 spiro atoms. The molecule has 0 saturated carbocycles. The third-order valence-corrected chi connectivity index (χ3v) is 5.66. The second-order valence-electron chi connectivity index (χ2n) is 6.01. The molecule has 1 N–H and O–H groups in total. The van der Waals surface area contributed by atoms with Gasteiger partial charge >= 0.3 is 0 Å². The van der Waals surface area contributed by atoms with Crippen LogP contribution in [-0.4, -0.2) is 18.9 Å². The second-order valence-corrected chi connectivity index (χ2v) is 7.87. The summed E-state index contributed by atoms with van der Waals surface area (Å²) in [7, 11) is 1.57. The van der Waals surface area contributed by atoms with Gasteiger partial charge in [0.2, 0.25) is 0 Å². The van der Waals surface area contributed by atoms with Crippen molar-refractivity contribution in [3.8, 4) is 5.75 Å². The van der Waals surface area contributed by atoms with Gasteiger partial charge in [0.05, 0.1) is 18.4 Å². The number of nitrogens with zero attached hydrogens (tertiary/aromatic N) is 1. The molecule has 140 valence electrons. The van der Waals surface area contributed by atoms with Gasteiger partial charge in [0.25, 0.3) is 11.8 Å². The molecule has 0 aliphatic carbocycles. The van der Waals surface area contributed by atoms with E-state index in [1.165, 1.54) is 16.2 Å². The van der Waals surface area contributed by atoms with E-state index < -0.39 is 5.91 Å². The Hall–Kier alpha value is -2.90. The molecule has 1 aliphatic rings. The highest BCUT2D eigenvalue weighted by Crippen LogP contribution is 2.36. The van der Waals surface area contributed by atoms with E-state index in [0.717, 1.165) is 15.0 Å². The first-order chi connectivity index (χ1) is 13.6. The topological polar surface area (TPSA) is 58.6 Å². The number of anilines is 2. The van der Waals surface area contributed by atoms with Gasteiger partial charge in [-0.15, -0.1) is 11.3 Å². The summed E-state index contributed by atoms with van der Waals surface area (Å²) in [5, 5.41) is 5.02. The normalized spacial score (nSPS) is 14.0. The van der Waals surface area contributed by atoms with Crippen LogP contribution in [0, 0.1) is 0 Å². The van der Waals surface area contributed by atoms with Crippen LogP contribution in [0.3, 0.4) is 0 Å². The summed E-state index contributed by atoms with van der Waals surface area (Å²) in [5.41, 5.74) is 1.85. The van der Waals surface area contributed by atoms with Crippen molar-refractivity contribution < 1.29 is 14.3 Å². The van der Waals surface area contributed by atoms with Gasteiger partial charge < -0.3 is 10.1 Å². The number of thiophene rings is 1. The van der Waals surface area contributed by atoms with Crippen LogP contribution in [0.15, 0.2) is 76.2 Å². The number of carbonyl (C=O) groups is 2. The standard InChI is InChI=1S/C21H15BrN2O3S/c1-27-16-9-7-15(8-10-16)24-20(25)18(17-6-3-11-28-17)19(21(24)26)23-14-5-2-4-13(22)12-14/h2-12,23H,1H3. The van der Waals surface area contributed by atoms with Crippen LogP contribution in [0.4, 0.5) is 11.4 Å². The van der Waals surface area contributed by atoms with Gasteiger partial charge in [0.1, 0.15) is 11.4 Å². The van der Waals surface area contributed by atoms with E-state index in [1.54, 1.807) is 31.4 Å². The van der Waals surface area contributed by atoms with Crippen molar-refractivity contribution in [2.45, 2.75) is 0 Å². The third kappa shape index (κ3) is 3.34. The molecular formula is C21H15BrN2O3S. The lowest BCUT2D eigenvalue weighted by molar-refractivity contribution is -0.120. The van der Waals surface area contributed by atoms with Gasteiger partial charge in [0.15, 0.2) is 0 Å². The molecule has 0 atom stereocenters. The highest BCUT2D eigenvalue weighted by atomic mass is 79.9. The Morgan fingerprint density at radius 2 is 1.79 bits per heavy atom. The van der Waals surface area contributed by atoms with Crippen molar-refractivity contribution in [2.75, 3.05) is 17.3 Å². The van der Waals surface area contributed by atoms with E-state index in [9.17, 15) is 9.59 Å². The highest BCUT2D eigenvalue weighted by Gasteiger charge is 2.40. The summed E-state index contributed by atoms with van der Waals surface area (Å²) in [6.07, 6.45) is 0. The molecule has 5 nitrogen and oxygen atoms in total. The molecule has 2 heterocycles. The van der Waals surface area contributed by atoms with Crippen LogP contribution in [0.5, 0.6) is 5.75 Å². The van der Waals surface area contributed by atoms with Gasteiger partial charge in [-0.2, -0.15) is 0 Å². The smallest absolute Gasteiger partial charge is 0.282 e. The molecule has 2 amide bonds. The first kappa shape index (κ1) is 18.5. The summed E-state index contributed by atoms with van der Waals surface area (Å²) >= 11 is 4.85. The maximum Gasteiger partial charge on any atom is 0.282 e. The lowest BCUT2D eigenvalue weighted by atomic mass is 10.2. The molecule has 4 rings (SSSR count). The lowest BCUT2D eigenvalue weighted by Gasteiger charge is -2.15. The van der Waals surface area contributed by atoms with Gasteiger partial charge in [-0.05, 0) is 53.9 Å². The zero-order chi connectivity index (χ0) is 19.7. The Morgan fingerprint density at radius 3 is 2.43 bits per heavy atom. The van der Waals surface area contributed by atoms with E-state index in [2.05, 4.69) is 21.2 Å². The van der Waals surface area contributed by atoms with Crippen molar-refractivity contribution in [1.82, 2.24) is 0 Å². The summed E-state index contributed by atoms with van der Waals surface area (Å²) in [6.45, 7) is 0. The number of imide groups is 1. The van der Waals surface area contributed by atoms with Crippen LogP contribution in [0.1, 0.15) is 4.88 Å². The minimum Gasteiger partial charge on any atom is -0.497 e. The number of nitrogens with one attached hydrogen (secondary N) is 1. The number of benzene rings is 2. The van der Waals surface area contributed by atoms with Crippen molar-refractivity contribution in [2.24, 2.45) is 0 Å². The number of rotatable bonds is 5. The Morgan fingerprint density at radius 1 is 1.00 bits per heavy atom. The number of halogens is 1. The van der Waals surface area contributed by atoms with E-state index in [0.29, 0.717) is 17.0 Å². The van der Waals surface area contributed by atoms with E-state index in [4.69, 9.17) is 4.74 Å². The van der Waals surface area contributed by atoms with Gasteiger partial charge in [0, 0.05) is 15.0 Å². The van der Waals surface area contributed by atoms with Crippen LogP contribution in [0.25, 0.3) is 5.57 Å². The molecule has 7 heteroatoms. The predicted molar refractivity (Wildman–Crippen MR) is 114 cm³/mol. The average Bonchev–Trinajstić information content (AvgIpc) is 3.29. The summed E-state index contributed by atoms with van der Waals surface area (Å²) in [6, 6.07) is 18.0. The Bertz CT molecular complexity index is 1080. The van der Waals surface area contributed by atoms with E-state index in [1.807, 2.05) is 41.8 Å². The molecule has 2 aromatic carbocycles. The first-order valence-corrected chi connectivity index (χ1v) is 10.1. The summed E-state index contributed by atoms with van der Waals surface area (Å²) in [5.74, 6) is -0.0876. The second kappa shape index (κ2) is 7.61.